The third-order valence-electron chi connectivity index (χ3n) is 5.23. The minimum absolute atomic E-state index is 0.0951. The average Bonchev–Trinajstić information content (AvgIpc) is 3.31. The fourth-order valence-electron chi connectivity index (χ4n) is 2.95. The second-order valence-corrected chi connectivity index (χ2v) is 7.91. The van der Waals surface area contributed by atoms with E-state index in [1.54, 1.807) is 13.8 Å². The molecule has 0 radical (unpaired) electrons. The smallest absolute Gasteiger partial charge is 0.326 e. The highest BCUT2D eigenvalue weighted by molar-refractivity contribution is 5.94. The minimum atomic E-state index is -1.34. The number of hydrogen-bond acceptors (Lipinski definition) is 8. The van der Waals surface area contributed by atoms with Gasteiger partial charge in [-0.25, -0.2) is 9.78 Å². The lowest BCUT2D eigenvalue weighted by Gasteiger charge is -2.27. The predicted molar refractivity (Wildman–Crippen MR) is 119 cm³/mol. The fourth-order valence-corrected chi connectivity index (χ4v) is 2.95. The number of primary amides is 1. The number of carbonyl (C=O) groups excluding carboxylic acids is 4. The first-order chi connectivity index (χ1) is 16.0. The van der Waals surface area contributed by atoms with Crippen molar-refractivity contribution in [2.24, 2.45) is 17.4 Å². The lowest BCUT2D eigenvalue weighted by molar-refractivity contribution is -0.142. The molecule has 0 aliphatic carbocycles. The summed E-state index contributed by atoms with van der Waals surface area (Å²) < 4.78 is 0. The number of aliphatic hydroxyl groups excluding tert-OH is 1. The lowest BCUT2D eigenvalue weighted by atomic mass is 9.97. The maximum absolute atomic E-state index is 13.0. The van der Waals surface area contributed by atoms with Gasteiger partial charge in [0.15, 0.2) is 0 Å². The molecule has 0 fully saturated rings. The second kappa shape index (κ2) is 13.9. The van der Waals surface area contributed by atoms with Crippen LogP contribution < -0.4 is 27.4 Å². The number of carbonyl (C=O) groups is 5. The van der Waals surface area contributed by atoms with Crippen LogP contribution in [0.25, 0.3) is 0 Å². The predicted octanol–water partition coefficient (Wildman–Crippen LogP) is -2.88. The van der Waals surface area contributed by atoms with Gasteiger partial charge >= 0.3 is 5.97 Å². The van der Waals surface area contributed by atoms with Crippen molar-refractivity contribution >= 4 is 29.6 Å². The highest BCUT2D eigenvalue weighted by Gasteiger charge is 2.32. The number of aromatic nitrogens is 2. The van der Waals surface area contributed by atoms with Gasteiger partial charge in [0.25, 0.3) is 0 Å². The molecular weight excluding hydrogens is 450 g/mol. The van der Waals surface area contributed by atoms with E-state index in [4.69, 9.17) is 16.6 Å². The molecule has 14 heteroatoms. The summed E-state index contributed by atoms with van der Waals surface area (Å²) in [5.41, 5.74) is 11.1. The first kappa shape index (κ1) is 28.5. The minimum Gasteiger partial charge on any atom is -0.480 e. The zero-order valence-electron chi connectivity index (χ0n) is 19.1. The van der Waals surface area contributed by atoms with Crippen LogP contribution in [-0.4, -0.2) is 80.6 Å². The van der Waals surface area contributed by atoms with Crippen molar-refractivity contribution in [1.82, 2.24) is 25.9 Å². The summed E-state index contributed by atoms with van der Waals surface area (Å²) in [7, 11) is 0. The summed E-state index contributed by atoms with van der Waals surface area (Å²) in [5, 5.41) is 25.8. The number of carboxylic acids is 1. The summed E-state index contributed by atoms with van der Waals surface area (Å²) in [4.78, 5) is 67.4. The molecule has 0 saturated heterocycles. The first-order valence-corrected chi connectivity index (χ1v) is 10.8. The van der Waals surface area contributed by atoms with Crippen LogP contribution >= 0.6 is 0 Å². The van der Waals surface area contributed by atoms with E-state index in [2.05, 4.69) is 25.9 Å². The zero-order valence-corrected chi connectivity index (χ0v) is 19.1. The van der Waals surface area contributed by atoms with Crippen molar-refractivity contribution in [3.8, 4) is 0 Å². The van der Waals surface area contributed by atoms with Crippen molar-refractivity contribution in [2.75, 3.05) is 6.61 Å². The highest BCUT2D eigenvalue weighted by atomic mass is 16.4. The summed E-state index contributed by atoms with van der Waals surface area (Å²) >= 11 is 0. The van der Waals surface area contributed by atoms with Crippen LogP contribution in [0.3, 0.4) is 0 Å². The molecule has 0 spiro atoms. The van der Waals surface area contributed by atoms with Gasteiger partial charge in [-0.2, -0.15) is 0 Å². The summed E-state index contributed by atoms with van der Waals surface area (Å²) in [6.45, 7) is 2.85. The highest BCUT2D eigenvalue weighted by Crippen LogP contribution is 2.10. The molecule has 1 aromatic heterocycles. The van der Waals surface area contributed by atoms with Crippen LogP contribution in [0.5, 0.6) is 0 Å². The van der Waals surface area contributed by atoms with Crippen molar-refractivity contribution in [1.29, 1.82) is 0 Å². The van der Waals surface area contributed by atoms with Gasteiger partial charge in [-0.1, -0.05) is 20.3 Å². The number of nitrogens with zero attached hydrogens (tertiary/aromatic N) is 1. The van der Waals surface area contributed by atoms with E-state index < -0.39 is 60.4 Å². The van der Waals surface area contributed by atoms with Gasteiger partial charge in [0.1, 0.15) is 24.2 Å². The van der Waals surface area contributed by atoms with Crippen LogP contribution in [0, 0.1) is 5.92 Å². The molecule has 0 aliphatic rings. The van der Waals surface area contributed by atoms with Gasteiger partial charge in [-0.15, -0.1) is 0 Å². The molecule has 0 bridgehead atoms. The molecule has 1 rings (SSSR count). The SMILES string of the molecule is CCC(C)C(NC(=O)C(N)CO)C(=O)NC(CCC(N)=O)C(=O)NC(Cc1cnc[nH]1)C(=O)O. The Balaban J connectivity index is 3.02. The number of nitrogens with one attached hydrogen (secondary N) is 4. The molecule has 4 amide bonds. The third-order valence-corrected chi connectivity index (χ3v) is 5.23. The molecule has 5 unspecified atom stereocenters. The van der Waals surface area contributed by atoms with Gasteiger partial charge in [0.2, 0.25) is 23.6 Å². The second-order valence-electron chi connectivity index (χ2n) is 7.91. The number of amides is 4. The Morgan fingerprint density at radius 1 is 1.09 bits per heavy atom. The maximum atomic E-state index is 13.0. The summed E-state index contributed by atoms with van der Waals surface area (Å²) in [6.07, 6.45) is 2.70. The van der Waals surface area contributed by atoms with E-state index in [0.717, 1.165) is 0 Å². The van der Waals surface area contributed by atoms with Crippen LogP contribution in [0.4, 0.5) is 0 Å². The number of aromatic amines is 1. The molecule has 10 N–H and O–H groups in total. The quantitative estimate of drug-likeness (QED) is 0.127. The number of nitrogens with two attached hydrogens (primary N) is 2. The number of aliphatic carboxylic acids is 1. The zero-order chi connectivity index (χ0) is 25.8. The third kappa shape index (κ3) is 9.15. The van der Waals surface area contributed by atoms with E-state index >= 15 is 0 Å². The molecule has 1 aromatic rings. The number of rotatable bonds is 15. The molecule has 34 heavy (non-hydrogen) atoms. The van der Waals surface area contributed by atoms with Crippen LogP contribution in [0.1, 0.15) is 38.8 Å². The number of carboxylic acid groups (broad SMARTS) is 1. The Hall–Kier alpha value is -3.52. The summed E-state index contributed by atoms with van der Waals surface area (Å²) in [5.74, 6) is -4.75. The number of H-pyrrole nitrogens is 1. The molecule has 1 heterocycles. The van der Waals surface area contributed by atoms with Gasteiger partial charge in [-0.05, 0) is 12.3 Å². The van der Waals surface area contributed by atoms with Crippen molar-refractivity contribution in [3.05, 3.63) is 18.2 Å². The van der Waals surface area contributed by atoms with E-state index in [-0.39, 0.29) is 25.2 Å². The van der Waals surface area contributed by atoms with Crippen molar-refractivity contribution in [3.63, 3.8) is 0 Å². The maximum Gasteiger partial charge on any atom is 0.326 e. The van der Waals surface area contributed by atoms with Gasteiger partial charge in [-0.3, -0.25) is 19.2 Å². The Morgan fingerprint density at radius 3 is 2.24 bits per heavy atom. The van der Waals surface area contributed by atoms with Crippen LogP contribution in [0.15, 0.2) is 12.5 Å². The first-order valence-electron chi connectivity index (χ1n) is 10.8. The van der Waals surface area contributed by atoms with Gasteiger partial charge in [0.05, 0.1) is 12.9 Å². The largest absolute Gasteiger partial charge is 0.480 e. The molecule has 0 aromatic carbocycles. The van der Waals surface area contributed by atoms with E-state index in [9.17, 15) is 29.1 Å². The van der Waals surface area contributed by atoms with Gasteiger partial charge < -0.3 is 42.6 Å². The van der Waals surface area contributed by atoms with Crippen molar-refractivity contribution in [2.45, 2.75) is 63.7 Å². The van der Waals surface area contributed by atoms with Crippen molar-refractivity contribution < 1.29 is 34.2 Å². The lowest BCUT2D eigenvalue weighted by Crippen LogP contribution is -2.59. The van der Waals surface area contributed by atoms with Crippen LogP contribution in [0.2, 0.25) is 0 Å². The van der Waals surface area contributed by atoms with Gasteiger partial charge in [0, 0.05) is 24.7 Å². The van der Waals surface area contributed by atoms with E-state index in [1.807, 2.05) is 0 Å². The fraction of sp³-hybridized carbons (Fsp3) is 0.600. The monoisotopic (exact) mass is 483 g/mol. The standard InChI is InChI=1S/C20H33N7O7/c1-3-10(2)16(27-17(30)12(21)8-28)19(32)25-13(4-5-15(22)29)18(31)26-14(20(33)34)6-11-7-23-9-24-11/h7,9-10,12-14,16,28H,3-6,8,21H2,1-2H3,(H2,22,29)(H,23,24)(H,25,32)(H,26,31)(H,27,30)(H,33,34). The number of hydrogen-bond donors (Lipinski definition) is 8. The molecule has 190 valence electrons. The Morgan fingerprint density at radius 2 is 1.74 bits per heavy atom. The molecule has 5 atom stereocenters. The molecule has 0 aliphatic heterocycles. The number of aliphatic hydroxyl groups is 1. The molecule has 14 nitrogen and oxygen atoms in total. The summed E-state index contributed by atoms with van der Waals surface area (Å²) in [6, 6.07) is -4.99. The molecule has 0 saturated carbocycles. The van der Waals surface area contributed by atoms with E-state index in [0.29, 0.717) is 12.1 Å². The Kier molecular flexibility index (Phi) is 11.7. The Bertz CT molecular complexity index is 846. The number of imidazole rings is 1. The molecular formula is C20H33N7O7. The average molecular weight is 484 g/mol. The van der Waals surface area contributed by atoms with Crippen LogP contribution in [-0.2, 0) is 30.4 Å². The topological polar surface area (TPSA) is 243 Å². The van der Waals surface area contributed by atoms with E-state index in [1.165, 1.54) is 12.5 Å². The normalized spacial score (nSPS) is 15.3. The Labute approximate surface area is 196 Å².